The largest absolute Gasteiger partial charge is 0.507 e. The van der Waals surface area contributed by atoms with Gasteiger partial charge < -0.3 is 10.4 Å². The van der Waals surface area contributed by atoms with Crippen LogP contribution in [0.15, 0.2) is 48.5 Å². The highest BCUT2D eigenvalue weighted by molar-refractivity contribution is 6.31. The number of carbonyl (C=O) groups is 1. The first-order valence-electron chi connectivity index (χ1n) is 8.21. The van der Waals surface area contributed by atoms with Gasteiger partial charge in [0.25, 0.3) is 5.91 Å². The minimum atomic E-state index is -0.310. The van der Waals surface area contributed by atoms with Gasteiger partial charge in [-0.3, -0.25) is 9.69 Å². The highest BCUT2D eigenvalue weighted by Crippen LogP contribution is 2.25. The fraction of sp³-hybridized carbons (Fsp3) is 0.316. The number of aromatic hydroxyl groups is 1. The Hall–Kier alpha value is -2.04. The number of hydrogen-bond donors (Lipinski definition) is 2. The highest BCUT2D eigenvalue weighted by Gasteiger charge is 2.24. The van der Waals surface area contributed by atoms with Crippen molar-refractivity contribution in [3.8, 4) is 5.75 Å². The van der Waals surface area contributed by atoms with Gasteiger partial charge in [0.15, 0.2) is 0 Å². The van der Waals surface area contributed by atoms with Crippen LogP contribution in [-0.2, 0) is 0 Å². The van der Waals surface area contributed by atoms with E-state index in [2.05, 4.69) is 22.3 Å². The molecule has 0 aromatic heterocycles. The van der Waals surface area contributed by atoms with E-state index in [4.69, 9.17) is 11.6 Å². The van der Waals surface area contributed by atoms with E-state index in [1.165, 1.54) is 30.5 Å². The minimum absolute atomic E-state index is 0.0608. The zero-order chi connectivity index (χ0) is 16.9. The molecule has 0 bridgehead atoms. The molecule has 2 aromatic rings. The van der Waals surface area contributed by atoms with E-state index >= 15 is 0 Å². The lowest BCUT2D eigenvalue weighted by Crippen LogP contribution is -2.36. The van der Waals surface area contributed by atoms with Gasteiger partial charge in [-0.25, -0.2) is 0 Å². The number of nitrogens with one attached hydrogen (secondary N) is 1. The Labute approximate surface area is 147 Å². The molecule has 1 aliphatic heterocycles. The second-order valence-corrected chi connectivity index (χ2v) is 6.48. The van der Waals surface area contributed by atoms with Crippen LogP contribution in [0.2, 0.25) is 5.02 Å². The second-order valence-electron chi connectivity index (χ2n) is 6.04. The van der Waals surface area contributed by atoms with E-state index in [0.29, 0.717) is 11.6 Å². The van der Waals surface area contributed by atoms with Crippen LogP contribution in [-0.4, -0.2) is 35.5 Å². The summed E-state index contributed by atoms with van der Waals surface area (Å²) in [5.74, 6) is -0.371. The number of phenols is 1. The van der Waals surface area contributed by atoms with Crippen LogP contribution in [0.5, 0.6) is 5.75 Å². The molecule has 0 radical (unpaired) electrons. The van der Waals surface area contributed by atoms with Crippen LogP contribution < -0.4 is 5.32 Å². The van der Waals surface area contributed by atoms with E-state index < -0.39 is 0 Å². The van der Waals surface area contributed by atoms with E-state index in [1.54, 1.807) is 6.07 Å². The molecule has 24 heavy (non-hydrogen) atoms. The van der Waals surface area contributed by atoms with Crippen LogP contribution >= 0.6 is 11.6 Å². The Morgan fingerprint density at radius 1 is 1.17 bits per heavy atom. The van der Waals surface area contributed by atoms with Gasteiger partial charge in [-0.15, -0.1) is 0 Å². The van der Waals surface area contributed by atoms with Gasteiger partial charge in [0, 0.05) is 11.6 Å². The molecule has 1 atom stereocenters. The Kier molecular flexibility index (Phi) is 5.38. The number of rotatable bonds is 5. The van der Waals surface area contributed by atoms with Gasteiger partial charge >= 0.3 is 0 Å². The summed E-state index contributed by atoms with van der Waals surface area (Å²) in [7, 11) is 0. The van der Waals surface area contributed by atoms with Crippen molar-refractivity contribution < 1.29 is 9.90 Å². The lowest BCUT2D eigenvalue weighted by atomic mass is 10.1. The van der Waals surface area contributed by atoms with Crippen molar-refractivity contribution in [2.24, 2.45) is 0 Å². The molecule has 4 nitrogen and oxygen atoms in total. The topological polar surface area (TPSA) is 52.6 Å². The normalized spacial score (nSPS) is 16.0. The second kappa shape index (κ2) is 7.69. The summed E-state index contributed by atoms with van der Waals surface area (Å²) in [5.41, 5.74) is 1.39. The first-order chi connectivity index (χ1) is 11.6. The molecular formula is C19H21ClN2O2. The van der Waals surface area contributed by atoms with E-state index in [0.717, 1.165) is 13.1 Å². The number of amides is 1. The highest BCUT2D eigenvalue weighted by atomic mass is 35.5. The molecule has 1 fully saturated rings. The van der Waals surface area contributed by atoms with Crippen molar-refractivity contribution in [1.82, 2.24) is 10.2 Å². The fourth-order valence-corrected chi connectivity index (χ4v) is 3.33. The number of likely N-dealkylation sites (tertiary alicyclic amines) is 1. The molecular weight excluding hydrogens is 324 g/mol. The Balaban J connectivity index is 1.73. The SMILES string of the molecule is O=C(NCC(c1ccccc1)N1CCCC1)c1cc(Cl)ccc1O. The summed E-state index contributed by atoms with van der Waals surface area (Å²) < 4.78 is 0. The van der Waals surface area contributed by atoms with Gasteiger partial charge in [-0.2, -0.15) is 0 Å². The van der Waals surface area contributed by atoms with Gasteiger partial charge in [0.1, 0.15) is 5.75 Å². The van der Waals surface area contributed by atoms with Crippen LogP contribution in [0.25, 0.3) is 0 Å². The van der Waals surface area contributed by atoms with Crippen molar-refractivity contribution in [2.45, 2.75) is 18.9 Å². The Morgan fingerprint density at radius 3 is 2.58 bits per heavy atom. The molecule has 1 aliphatic rings. The summed E-state index contributed by atoms with van der Waals surface area (Å²) in [5, 5.41) is 13.2. The van der Waals surface area contributed by atoms with E-state index in [-0.39, 0.29) is 23.3 Å². The molecule has 2 N–H and O–H groups in total. The standard InChI is InChI=1S/C19H21ClN2O2/c20-15-8-9-18(23)16(12-15)19(24)21-13-17(22-10-4-5-11-22)14-6-2-1-3-7-14/h1-3,6-9,12,17,23H,4-5,10-11,13H2,(H,21,24). The Morgan fingerprint density at radius 2 is 1.88 bits per heavy atom. The summed E-state index contributed by atoms with van der Waals surface area (Å²) >= 11 is 5.92. The molecule has 1 unspecified atom stereocenters. The minimum Gasteiger partial charge on any atom is -0.507 e. The molecule has 1 saturated heterocycles. The van der Waals surface area contributed by atoms with Crippen molar-refractivity contribution in [3.05, 3.63) is 64.7 Å². The van der Waals surface area contributed by atoms with E-state index in [9.17, 15) is 9.90 Å². The van der Waals surface area contributed by atoms with E-state index in [1.807, 2.05) is 18.2 Å². The summed E-state index contributed by atoms with van der Waals surface area (Å²) in [6, 6.07) is 14.8. The van der Waals surface area contributed by atoms with Crippen molar-refractivity contribution in [1.29, 1.82) is 0 Å². The van der Waals surface area contributed by atoms with Gasteiger partial charge in [-0.1, -0.05) is 41.9 Å². The third-order valence-corrected chi connectivity index (χ3v) is 4.66. The third-order valence-electron chi connectivity index (χ3n) is 4.42. The number of phenolic OH excluding ortho intramolecular Hbond substituents is 1. The predicted molar refractivity (Wildman–Crippen MR) is 95.4 cm³/mol. The quantitative estimate of drug-likeness (QED) is 0.871. The molecule has 0 spiro atoms. The number of hydrogen-bond acceptors (Lipinski definition) is 3. The number of halogens is 1. The number of carbonyl (C=O) groups excluding carboxylic acids is 1. The molecule has 1 heterocycles. The first-order valence-corrected chi connectivity index (χ1v) is 8.58. The monoisotopic (exact) mass is 344 g/mol. The van der Waals surface area contributed by atoms with Gasteiger partial charge in [0.2, 0.25) is 0 Å². The van der Waals surface area contributed by atoms with Gasteiger partial charge in [-0.05, 0) is 49.7 Å². The van der Waals surface area contributed by atoms with Crippen molar-refractivity contribution in [3.63, 3.8) is 0 Å². The molecule has 3 rings (SSSR count). The van der Waals surface area contributed by atoms with Crippen LogP contribution in [0.4, 0.5) is 0 Å². The molecule has 5 heteroatoms. The molecule has 0 aliphatic carbocycles. The maximum absolute atomic E-state index is 12.4. The van der Waals surface area contributed by atoms with Crippen LogP contribution in [0.1, 0.15) is 34.8 Å². The average Bonchev–Trinajstić information content (AvgIpc) is 3.12. The molecule has 1 amide bonds. The summed E-state index contributed by atoms with van der Waals surface area (Å²) in [4.78, 5) is 14.8. The van der Waals surface area contributed by atoms with Gasteiger partial charge in [0.05, 0.1) is 11.6 Å². The Bertz CT molecular complexity index is 700. The first kappa shape index (κ1) is 16.8. The van der Waals surface area contributed by atoms with Crippen molar-refractivity contribution in [2.75, 3.05) is 19.6 Å². The lowest BCUT2D eigenvalue weighted by molar-refractivity contribution is 0.0935. The number of nitrogens with zero attached hydrogens (tertiary/aromatic N) is 1. The smallest absolute Gasteiger partial charge is 0.255 e. The zero-order valence-corrected chi connectivity index (χ0v) is 14.2. The maximum Gasteiger partial charge on any atom is 0.255 e. The molecule has 0 saturated carbocycles. The zero-order valence-electron chi connectivity index (χ0n) is 13.4. The fourth-order valence-electron chi connectivity index (χ4n) is 3.16. The third kappa shape index (κ3) is 3.89. The van der Waals surface area contributed by atoms with Crippen LogP contribution in [0.3, 0.4) is 0 Å². The van der Waals surface area contributed by atoms with Crippen molar-refractivity contribution >= 4 is 17.5 Å². The molecule has 126 valence electrons. The lowest BCUT2D eigenvalue weighted by Gasteiger charge is -2.28. The predicted octanol–water partition coefficient (Wildman–Crippen LogP) is 3.61. The maximum atomic E-state index is 12.4. The van der Waals surface area contributed by atoms with Crippen LogP contribution in [0, 0.1) is 0 Å². The molecule has 2 aromatic carbocycles. The number of benzene rings is 2. The average molecular weight is 345 g/mol. The summed E-state index contributed by atoms with van der Waals surface area (Å²) in [6.45, 7) is 2.57. The summed E-state index contributed by atoms with van der Waals surface area (Å²) in [6.07, 6.45) is 2.37.